The maximum Gasteiger partial charge on any atom is 0.240 e. The number of sulfonamides is 1. The quantitative estimate of drug-likeness (QED) is 0.765. The van der Waals surface area contributed by atoms with E-state index in [2.05, 4.69) is 14.9 Å². The third-order valence-electron chi connectivity index (χ3n) is 4.21. The van der Waals surface area contributed by atoms with Gasteiger partial charge in [-0.2, -0.15) is 0 Å². The Bertz CT molecular complexity index is 683. The first kappa shape index (κ1) is 19.7. The lowest BCUT2D eigenvalue weighted by molar-refractivity contribution is -0.114. The van der Waals surface area contributed by atoms with Crippen LogP contribution >= 0.6 is 0 Å². The van der Waals surface area contributed by atoms with E-state index in [1.807, 2.05) is 0 Å². The first-order chi connectivity index (χ1) is 11.9. The monoisotopic (exact) mass is 369 g/mol. The van der Waals surface area contributed by atoms with Gasteiger partial charge in [0.25, 0.3) is 0 Å². The van der Waals surface area contributed by atoms with E-state index in [-0.39, 0.29) is 10.8 Å². The molecule has 25 heavy (non-hydrogen) atoms. The van der Waals surface area contributed by atoms with Crippen LogP contribution in [0.1, 0.15) is 32.6 Å². The predicted octanol–water partition coefficient (Wildman–Crippen LogP) is 1.81. The summed E-state index contributed by atoms with van der Waals surface area (Å²) in [5.41, 5.74) is 0.338. The van der Waals surface area contributed by atoms with E-state index in [4.69, 9.17) is 4.74 Å². The second-order valence-electron chi connectivity index (χ2n) is 6.20. The van der Waals surface area contributed by atoms with Gasteiger partial charge in [-0.25, -0.2) is 13.1 Å². The van der Waals surface area contributed by atoms with Gasteiger partial charge in [-0.15, -0.1) is 0 Å². The Hall–Kier alpha value is -1.64. The van der Waals surface area contributed by atoms with Crippen LogP contribution in [0.5, 0.6) is 5.75 Å². The molecule has 1 fully saturated rings. The lowest BCUT2D eigenvalue weighted by atomic mass is 10.2. The number of anilines is 1. The summed E-state index contributed by atoms with van der Waals surface area (Å²) in [6, 6.07) is 4.42. The molecular formula is C17H27N3O4S. The number of hydrogen-bond acceptors (Lipinski definition) is 5. The van der Waals surface area contributed by atoms with Crippen LogP contribution in [-0.2, 0) is 14.8 Å². The Morgan fingerprint density at radius 3 is 2.48 bits per heavy atom. The number of hydrogen-bond donors (Lipinski definition) is 2. The molecule has 0 aliphatic carbocycles. The summed E-state index contributed by atoms with van der Waals surface area (Å²) in [6.45, 7) is 4.48. The molecule has 0 aromatic heterocycles. The smallest absolute Gasteiger partial charge is 0.240 e. The van der Waals surface area contributed by atoms with E-state index in [1.54, 1.807) is 0 Å². The lowest BCUT2D eigenvalue weighted by Crippen LogP contribution is -2.35. The molecule has 1 amide bonds. The second kappa shape index (κ2) is 9.17. The van der Waals surface area contributed by atoms with Crippen LogP contribution in [0, 0.1) is 0 Å². The van der Waals surface area contributed by atoms with Crippen LogP contribution in [-0.4, -0.2) is 52.5 Å². The molecule has 1 aliphatic rings. The summed E-state index contributed by atoms with van der Waals surface area (Å²) in [5.74, 6) is 0.126. The SMILES string of the molecule is COc1ccc(S(=O)(=O)NCCN2CCCCCC2)cc1NC(C)=O. The zero-order chi connectivity index (χ0) is 18.3. The van der Waals surface area contributed by atoms with Gasteiger partial charge in [0.15, 0.2) is 0 Å². The molecule has 2 rings (SSSR count). The van der Waals surface area contributed by atoms with Crippen molar-refractivity contribution in [1.29, 1.82) is 0 Å². The van der Waals surface area contributed by atoms with Crippen molar-refractivity contribution in [1.82, 2.24) is 9.62 Å². The van der Waals surface area contributed by atoms with Gasteiger partial charge in [0.1, 0.15) is 5.75 Å². The van der Waals surface area contributed by atoms with Crippen molar-refractivity contribution in [2.24, 2.45) is 0 Å². The normalized spacial score (nSPS) is 16.2. The number of ether oxygens (including phenoxy) is 1. The molecule has 0 spiro atoms. The molecule has 1 aromatic carbocycles. The first-order valence-electron chi connectivity index (χ1n) is 8.60. The minimum Gasteiger partial charge on any atom is -0.495 e. The van der Waals surface area contributed by atoms with E-state index in [0.717, 1.165) is 13.1 Å². The van der Waals surface area contributed by atoms with Crippen LogP contribution in [0.2, 0.25) is 0 Å². The first-order valence-corrected chi connectivity index (χ1v) is 10.1. The highest BCUT2D eigenvalue weighted by Gasteiger charge is 2.17. The van der Waals surface area contributed by atoms with E-state index in [0.29, 0.717) is 24.5 Å². The van der Waals surface area contributed by atoms with E-state index < -0.39 is 10.0 Å². The van der Waals surface area contributed by atoms with Crippen molar-refractivity contribution in [2.75, 3.05) is 38.6 Å². The van der Waals surface area contributed by atoms with Crippen LogP contribution in [0.3, 0.4) is 0 Å². The van der Waals surface area contributed by atoms with Crippen LogP contribution in [0.4, 0.5) is 5.69 Å². The van der Waals surface area contributed by atoms with Gasteiger partial charge in [0.2, 0.25) is 15.9 Å². The Morgan fingerprint density at radius 1 is 1.20 bits per heavy atom. The Morgan fingerprint density at radius 2 is 1.88 bits per heavy atom. The van der Waals surface area contributed by atoms with Crippen molar-refractivity contribution in [3.63, 3.8) is 0 Å². The lowest BCUT2D eigenvalue weighted by Gasteiger charge is -2.19. The molecule has 1 aliphatic heterocycles. The highest BCUT2D eigenvalue weighted by atomic mass is 32.2. The molecule has 0 bridgehead atoms. The highest BCUT2D eigenvalue weighted by Crippen LogP contribution is 2.27. The molecular weight excluding hydrogens is 342 g/mol. The summed E-state index contributed by atoms with van der Waals surface area (Å²) in [7, 11) is -2.17. The van der Waals surface area contributed by atoms with Crippen molar-refractivity contribution in [3.8, 4) is 5.75 Å². The average Bonchev–Trinajstić information content (AvgIpc) is 2.83. The molecule has 140 valence electrons. The summed E-state index contributed by atoms with van der Waals surface area (Å²) in [5, 5.41) is 2.59. The fraction of sp³-hybridized carbons (Fsp3) is 0.588. The highest BCUT2D eigenvalue weighted by molar-refractivity contribution is 7.89. The van der Waals surface area contributed by atoms with Gasteiger partial charge in [-0.05, 0) is 44.1 Å². The third-order valence-corrected chi connectivity index (χ3v) is 5.67. The molecule has 0 saturated carbocycles. The number of likely N-dealkylation sites (tertiary alicyclic amines) is 1. The minimum atomic E-state index is -3.64. The molecule has 2 N–H and O–H groups in total. The van der Waals surface area contributed by atoms with E-state index >= 15 is 0 Å². The number of benzene rings is 1. The van der Waals surface area contributed by atoms with Crippen molar-refractivity contribution in [2.45, 2.75) is 37.5 Å². The van der Waals surface area contributed by atoms with Crippen molar-refractivity contribution < 1.29 is 17.9 Å². The number of carbonyl (C=O) groups excluding carboxylic acids is 1. The molecule has 1 saturated heterocycles. The fourth-order valence-electron chi connectivity index (χ4n) is 2.92. The maximum atomic E-state index is 12.5. The Balaban J connectivity index is 2.01. The van der Waals surface area contributed by atoms with Crippen LogP contribution in [0.15, 0.2) is 23.1 Å². The van der Waals surface area contributed by atoms with Gasteiger partial charge < -0.3 is 15.0 Å². The topological polar surface area (TPSA) is 87.7 Å². The van der Waals surface area contributed by atoms with E-state index in [9.17, 15) is 13.2 Å². The van der Waals surface area contributed by atoms with Crippen LogP contribution in [0.25, 0.3) is 0 Å². The van der Waals surface area contributed by atoms with Gasteiger partial charge in [0.05, 0.1) is 17.7 Å². The molecule has 1 heterocycles. The largest absolute Gasteiger partial charge is 0.495 e. The summed E-state index contributed by atoms with van der Waals surface area (Å²) in [4.78, 5) is 13.7. The summed E-state index contributed by atoms with van der Waals surface area (Å²) >= 11 is 0. The summed E-state index contributed by atoms with van der Waals surface area (Å²) < 4.78 is 32.8. The molecule has 0 radical (unpaired) electrons. The second-order valence-corrected chi connectivity index (χ2v) is 7.96. The summed E-state index contributed by atoms with van der Waals surface area (Å²) in [6.07, 6.45) is 4.84. The Kier molecular flexibility index (Phi) is 7.22. The zero-order valence-corrected chi connectivity index (χ0v) is 15.7. The molecule has 7 nitrogen and oxygen atoms in total. The van der Waals surface area contributed by atoms with Crippen molar-refractivity contribution in [3.05, 3.63) is 18.2 Å². The zero-order valence-electron chi connectivity index (χ0n) is 14.9. The third kappa shape index (κ3) is 5.98. The van der Waals surface area contributed by atoms with Crippen molar-refractivity contribution >= 4 is 21.6 Å². The maximum absolute atomic E-state index is 12.5. The number of carbonyl (C=O) groups is 1. The molecule has 0 unspecified atom stereocenters. The van der Waals surface area contributed by atoms with Gasteiger partial charge >= 0.3 is 0 Å². The fourth-order valence-corrected chi connectivity index (χ4v) is 3.97. The molecule has 0 atom stereocenters. The standard InChI is InChI=1S/C17H27N3O4S/c1-14(21)19-16-13-15(7-8-17(16)24-2)25(22,23)18-9-12-20-10-5-3-4-6-11-20/h7-8,13,18H,3-6,9-12H2,1-2H3,(H,19,21). The molecule has 1 aromatic rings. The van der Waals surface area contributed by atoms with Gasteiger partial charge in [0, 0.05) is 20.0 Å². The predicted molar refractivity (Wildman–Crippen MR) is 97.4 cm³/mol. The number of rotatable bonds is 7. The van der Waals surface area contributed by atoms with Gasteiger partial charge in [-0.3, -0.25) is 4.79 Å². The van der Waals surface area contributed by atoms with Crippen LogP contribution < -0.4 is 14.8 Å². The van der Waals surface area contributed by atoms with Gasteiger partial charge in [-0.1, -0.05) is 12.8 Å². The number of nitrogens with zero attached hydrogens (tertiary/aromatic N) is 1. The minimum absolute atomic E-state index is 0.105. The Labute approximate surface area is 149 Å². The number of nitrogens with one attached hydrogen (secondary N) is 2. The van der Waals surface area contributed by atoms with E-state index in [1.165, 1.54) is 57.9 Å². The number of amides is 1. The average molecular weight is 369 g/mol. The number of methoxy groups -OCH3 is 1. The molecule has 8 heteroatoms.